The molecule has 0 aromatic heterocycles. The molecular weight excluding hydrogens is 488 g/mol. The van der Waals surface area contributed by atoms with Crippen LogP contribution in [0.15, 0.2) is 54.1 Å². The van der Waals surface area contributed by atoms with Crippen LogP contribution in [-0.4, -0.2) is 70.5 Å². The highest BCUT2D eigenvalue weighted by atomic mass is 16.5. The van der Waals surface area contributed by atoms with Gasteiger partial charge in [-0.3, -0.25) is 9.59 Å². The van der Waals surface area contributed by atoms with Crippen molar-refractivity contribution in [3.8, 4) is 11.5 Å². The fraction of sp³-hybridized carbons (Fsp3) is 0.448. The molecule has 4 N–H and O–H groups in total. The van der Waals surface area contributed by atoms with Crippen LogP contribution in [-0.2, 0) is 22.7 Å². The predicted octanol–water partition coefficient (Wildman–Crippen LogP) is 2.03. The SMILES string of the molecule is CCCCC(=O)N(Cc1ccccc1)[C@@H]1C=C(C(=O)NCCO)[C@@H]2c3cc(CO)cc(OC)c3O[C@@H]2[C@H]1O. The Morgan fingerprint density at radius 2 is 1.89 bits per heavy atom. The number of hydrogen-bond acceptors (Lipinski definition) is 7. The first-order valence-corrected chi connectivity index (χ1v) is 13.0. The second kappa shape index (κ2) is 12.4. The van der Waals surface area contributed by atoms with Gasteiger partial charge in [0.2, 0.25) is 11.8 Å². The normalized spacial score (nSPS) is 21.6. The highest BCUT2D eigenvalue weighted by Crippen LogP contribution is 2.51. The molecule has 0 saturated heterocycles. The Bertz CT molecular complexity index is 1170. The molecule has 4 atom stereocenters. The van der Waals surface area contributed by atoms with E-state index in [0.29, 0.717) is 41.0 Å². The topological polar surface area (TPSA) is 129 Å². The maximum Gasteiger partial charge on any atom is 0.247 e. The maximum atomic E-state index is 13.5. The Balaban J connectivity index is 1.80. The number of nitrogens with zero attached hydrogens (tertiary/aromatic N) is 1. The number of aliphatic hydroxyl groups is 3. The molecule has 2 aliphatic rings. The lowest BCUT2D eigenvalue weighted by atomic mass is 9.77. The molecule has 1 aliphatic heterocycles. The summed E-state index contributed by atoms with van der Waals surface area (Å²) in [5.74, 6) is -0.413. The smallest absolute Gasteiger partial charge is 0.247 e. The number of carbonyl (C=O) groups excluding carboxylic acids is 2. The summed E-state index contributed by atoms with van der Waals surface area (Å²) in [7, 11) is 1.49. The van der Waals surface area contributed by atoms with Gasteiger partial charge in [-0.15, -0.1) is 0 Å². The molecule has 0 saturated carbocycles. The summed E-state index contributed by atoms with van der Waals surface area (Å²) in [4.78, 5) is 28.5. The molecule has 2 aromatic rings. The van der Waals surface area contributed by atoms with Crippen LogP contribution in [0.25, 0.3) is 0 Å². The van der Waals surface area contributed by atoms with Gasteiger partial charge in [0, 0.05) is 30.6 Å². The van der Waals surface area contributed by atoms with Gasteiger partial charge in [0.1, 0.15) is 12.2 Å². The summed E-state index contributed by atoms with van der Waals surface area (Å²) < 4.78 is 11.8. The van der Waals surface area contributed by atoms with Gasteiger partial charge in [-0.25, -0.2) is 0 Å². The van der Waals surface area contributed by atoms with Crippen LogP contribution in [0.2, 0.25) is 0 Å². The molecule has 2 amide bonds. The number of nitrogens with one attached hydrogen (secondary N) is 1. The fourth-order valence-corrected chi connectivity index (χ4v) is 5.23. The molecule has 1 aliphatic carbocycles. The number of rotatable bonds is 11. The van der Waals surface area contributed by atoms with Crippen molar-refractivity contribution in [3.05, 3.63) is 70.8 Å². The number of hydrogen-bond donors (Lipinski definition) is 4. The first-order valence-electron chi connectivity index (χ1n) is 13.0. The quantitative estimate of drug-likeness (QED) is 0.354. The predicted molar refractivity (Wildman–Crippen MR) is 141 cm³/mol. The highest BCUT2D eigenvalue weighted by Gasteiger charge is 2.51. The zero-order valence-corrected chi connectivity index (χ0v) is 21.8. The van der Waals surface area contributed by atoms with Gasteiger partial charge < -0.3 is 35.0 Å². The summed E-state index contributed by atoms with van der Waals surface area (Å²) in [5, 5.41) is 33.5. The van der Waals surface area contributed by atoms with E-state index in [-0.39, 0.29) is 32.2 Å². The van der Waals surface area contributed by atoms with E-state index in [1.807, 2.05) is 37.3 Å². The second-order valence-electron chi connectivity index (χ2n) is 9.63. The summed E-state index contributed by atoms with van der Waals surface area (Å²) in [6.45, 7) is 1.85. The standard InChI is InChI=1S/C29H36N2O7/c1-3-4-10-24(34)31(16-18-8-6-5-7-9-18)22-15-21(29(36)30-11-12-32)25-20-13-19(17-33)14-23(37-2)27(20)38-28(25)26(22)35/h5-9,13-15,22,25-26,28,32-33,35H,3-4,10-12,16-17H2,1-2H3,(H,30,36)/t22-,25+,26+,28+/m1/s1. The van der Waals surface area contributed by atoms with Gasteiger partial charge in [0.15, 0.2) is 11.5 Å². The maximum absolute atomic E-state index is 13.5. The minimum Gasteiger partial charge on any atom is -0.493 e. The molecule has 4 rings (SSSR count). The molecule has 9 heteroatoms. The van der Waals surface area contributed by atoms with Crippen LogP contribution in [0.3, 0.4) is 0 Å². The largest absolute Gasteiger partial charge is 0.493 e. The average molecular weight is 525 g/mol. The van der Waals surface area contributed by atoms with Gasteiger partial charge >= 0.3 is 0 Å². The van der Waals surface area contributed by atoms with E-state index in [2.05, 4.69) is 5.32 Å². The first kappa shape index (κ1) is 27.6. The Hall–Kier alpha value is -3.40. The molecule has 1 heterocycles. The fourth-order valence-electron chi connectivity index (χ4n) is 5.23. The summed E-state index contributed by atoms with van der Waals surface area (Å²) in [6.07, 6.45) is 1.51. The molecule has 2 aromatic carbocycles. The number of fused-ring (bicyclic) bond motifs is 3. The molecule has 0 fully saturated rings. The van der Waals surface area contributed by atoms with E-state index in [0.717, 1.165) is 12.0 Å². The van der Waals surface area contributed by atoms with Crippen LogP contribution in [0.1, 0.15) is 48.8 Å². The lowest BCUT2D eigenvalue weighted by molar-refractivity contribution is -0.138. The van der Waals surface area contributed by atoms with Crippen molar-refractivity contribution in [1.82, 2.24) is 10.2 Å². The van der Waals surface area contributed by atoms with Gasteiger partial charge in [-0.05, 0) is 35.8 Å². The van der Waals surface area contributed by atoms with Crippen LogP contribution >= 0.6 is 0 Å². The molecule has 9 nitrogen and oxygen atoms in total. The Kier molecular flexibility index (Phi) is 9.04. The van der Waals surface area contributed by atoms with E-state index < -0.39 is 30.1 Å². The lowest BCUT2D eigenvalue weighted by Crippen LogP contribution is -2.55. The van der Waals surface area contributed by atoms with Crippen molar-refractivity contribution in [2.45, 2.75) is 63.5 Å². The number of ether oxygens (including phenoxy) is 2. The number of benzene rings is 2. The van der Waals surface area contributed by atoms with Gasteiger partial charge in [-0.1, -0.05) is 43.7 Å². The number of methoxy groups -OCH3 is 1. The second-order valence-corrected chi connectivity index (χ2v) is 9.63. The number of unbranched alkanes of at least 4 members (excludes halogenated alkanes) is 1. The zero-order valence-electron chi connectivity index (χ0n) is 21.8. The molecule has 0 unspecified atom stereocenters. The highest BCUT2D eigenvalue weighted by molar-refractivity contribution is 5.96. The lowest BCUT2D eigenvalue weighted by Gasteiger charge is -2.41. The molecular formula is C29H36N2O7. The minimum absolute atomic E-state index is 0.0532. The van der Waals surface area contributed by atoms with Gasteiger partial charge in [0.25, 0.3) is 0 Å². The van der Waals surface area contributed by atoms with Crippen molar-refractivity contribution in [2.24, 2.45) is 0 Å². The van der Waals surface area contributed by atoms with Crippen molar-refractivity contribution in [2.75, 3.05) is 20.3 Å². The Morgan fingerprint density at radius 3 is 2.55 bits per heavy atom. The van der Waals surface area contributed by atoms with E-state index >= 15 is 0 Å². The summed E-state index contributed by atoms with van der Waals surface area (Å²) in [5.41, 5.74) is 2.43. The molecule has 204 valence electrons. The summed E-state index contributed by atoms with van der Waals surface area (Å²) in [6, 6.07) is 12.1. The van der Waals surface area contributed by atoms with Crippen molar-refractivity contribution < 1.29 is 34.4 Å². The van der Waals surface area contributed by atoms with E-state index in [1.54, 1.807) is 23.1 Å². The number of aliphatic hydroxyl groups excluding tert-OH is 3. The van der Waals surface area contributed by atoms with Gasteiger partial charge in [0.05, 0.1) is 32.3 Å². The van der Waals surface area contributed by atoms with Crippen molar-refractivity contribution in [1.29, 1.82) is 0 Å². The number of amides is 2. The van der Waals surface area contributed by atoms with Crippen molar-refractivity contribution >= 4 is 11.8 Å². The Labute approximate surface area is 222 Å². The van der Waals surface area contributed by atoms with E-state index in [4.69, 9.17) is 9.47 Å². The minimum atomic E-state index is -1.14. The van der Waals surface area contributed by atoms with Crippen molar-refractivity contribution in [3.63, 3.8) is 0 Å². The third-order valence-corrected chi connectivity index (χ3v) is 7.11. The van der Waals surface area contributed by atoms with Crippen LogP contribution in [0, 0.1) is 0 Å². The molecule has 38 heavy (non-hydrogen) atoms. The summed E-state index contributed by atoms with van der Waals surface area (Å²) >= 11 is 0. The van der Waals surface area contributed by atoms with Crippen LogP contribution in [0.5, 0.6) is 11.5 Å². The van der Waals surface area contributed by atoms with Crippen LogP contribution in [0.4, 0.5) is 0 Å². The monoisotopic (exact) mass is 524 g/mol. The van der Waals surface area contributed by atoms with E-state index in [9.17, 15) is 24.9 Å². The third-order valence-electron chi connectivity index (χ3n) is 7.11. The third kappa shape index (κ3) is 5.55. The first-order chi connectivity index (χ1) is 18.4. The molecule has 0 radical (unpaired) electrons. The molecule has 0 bridgehead atoms. The van der Waals surface area contributed by atoms with Gasteiger partial charge in [-0.2, -0.15) is 0 Å². The number of carbonyl (C=O) groups is 2. The van der Waals surface area contributed by atoms with E-state index in [1.165, 1.54) is 7.11 Å². The molecule has 0 spiro atoms. The zero-order chi connectivity index (χ0) is 27.2. The van der Waals surface area contributed by atoms with Crippen LogP contribution < -0.4 is 14.8 Å². The average Bonchev–Trinajstić information content (AvgIpc) is 3.34. The Morgan fingerprint density at radius 1 is 1.13 bits per heavy atom.